The number of hydrogen-bond donors (Lipinski definition) is 2. The second-order valence-corrected chi connectivity index (χ2v) is 5.58. The van der Waals surface area contributed by atoms with Crippen molar-refractivity contribution in [1.29, 1.82) is 0 Å². The zero-order valence-corrected chi connectivity index (χ0v) is 13.8. The molecule has 22 heavy (non-hydrogen) atoms. The lowest BCUT2D eigenvalue weighted by molar-refractivity contribution is 0.0514. The molecule has 0 bridgehead atoms. The molecule has 0 aromatic carbocycles. The highest BCUT2D eigenvalue weighted by Gasteiger charge is 2.28. The van der Waals surface area contributed by atoms with E-state index >= 15 is 0 Å². The van der Waals surface area contributed by atoms with Crippen LogP contribution >= 0.6 is 24.0 Å². The fraction of sp³-hybridized carbons (Fsp3) is 0.500. The summed E-state index contributed by atoms with van der Waals surface area (Å²) in [7, 11) is 0. The molecule has 2 N–H and O–H groups in total. The summed E-state index contributed by atoms with van der Waals surface area (Å²) in [5.41, 5.74) is 0.301. The first-order valence-electron chi connectivity index (χ1n) is 6.72. The molecule has 1 aromatic heterocycles. The number of amides is 1. The highest BCUT2D eigenvalue weighted by Crippen LogP contribution is 2.31. The minimum Gasteiger partial charge on any atom is -0.461 e. The van der Waals surface area contributed by atoms with Crippen LogP contribution in [0.4, 0.5) is 10.6 Å². The van der Waals surface area contributed by atoms with Crippen LogP contribution in [0, 0.1) is 0 Å². The van der Waals surface area contributed by atoms with Crippen LogP contribution < -0.4 is 10.6 Å². The topological polar surface area (TPSA) is 94.5 Å². The predicted octanol–water partition coefficient (Wildman–Crippen LogP) is 1.61. The molecule has 0 atom stereocenters. The summed E-state index contributed by atoms with van der Waals surface area (Å²) in [5.74, 6) is 0.633. The van der Waals surface area contributed by atoms with Gasteiger partial charge in [0.1, 0.15) is 0 Å². The number of alkyl carbamates (subject to hydrolysis) is 1. The lowest BCUT2D eigenvalue weighted by Crippen LogP contribution is -2.35. The van der Waals surface area contributed by atoms with Crippen molar-refractivity contribution in [3.8, 4) is 0 Å². The lowest BCUT2D eigenvalue weighted by atomic mass is 10.4. The number of anilines is 1. The molecular weight excluding hydrogens is 328 g/mol. The summed E-state index contributed by atoms with van der Waals surface area (Å²) >= 11 is 6.55. The number of esters is 1. The molecule has 120 valence electrons. The number of carbonyl (C=O) groups excluding carboxylic acids is 2. The van der Waals surface area contributed by atoms with Crippen LogP contribution in [0.25, 0.3) is 0 Å². The van der Waals surface area contributed by atoms with Crippen LogP contribution in [0.15, 0.2) is 5.16 Å². The molecule has 0 spiro atoms. The number of thiocarbonyl (C=S) groups is 1. The largest absolute Gasteiger partial charge is 0.461 e. The molecule has 1 aliphatic rings. The molecule has 0 aliphatic carbocycles. The number of nitrogens with one attached hydrogen (secondary N) is 2. The highest BCUT2D eigenvalue weighted by atomic mass is 32.2. The van der Waals surface area contributed by atoms with Crippen molar-refractivity contribution in [2.24, 2.45) is 0 Å². The van der Waals surface area contributed by atoms with Gasteiger partial charge in [-0.15, -0.1) is 0 Å². The molecule has 0 unspecified atom stereocenters. The van der Waals surface area contributed by atoms with E-state index in [4.69, 9.17) is 21.7 Å². The van der Waals surface area contributed by atoms with Gasteiger partial charge in [-0.2, -0.15) is 0 Å². The van der Waals surface area contributed by atoms with Gasteiger partial charge < -0.3 is 19.4 Å². The van der Waals surface area contributed by atoms with Crippen LogP contribution in [0.1, 0.15) is 24.3 Å². The van der Waals surface area contributed by atoms with Gasteiger partial charge in [0, 0.05) is 12.3 Å². The Morgan fingerprint density at radius 2 is 2.09 bits per heavy atom. The average Bonchev–Trinajstić information content (AvgIpc) is 2.98. The second-order valence-electron chi connectivity index (χ2n) is 4.11. The van der Waals surface area contributed by atoms with E-state index in [2.05, 4.69) is 15.6 Å². The number of ether oxygens (including phenoxy) is 2. The molecule has 8 nitrogen and oxygen atoms in total. The van der Waals surface area contributed by atoms with Crippen molar-refractivity contribution in [2.75, 3.05) is 24.3 Å². The van der Waals surface area contributed by atoms with E-state index in [1.165, 1.54) is 11.8 Å². The van der Waals surface area contributed by atoms with Crippen LogP contribution in [-0.4, -0.2) is 45.7 Å². The van der Waals surface area contributed by atoms with E-state index in [0.29, 0.717) is 17.4 Å². The van der Waals surface area contributed by atoms with Gasteiger partial charge >= 0.3 is 12.1 Å². The Labute approximate surface area is 136 Å². The fourth-order valence-electron chi connectivity index (χ4n) is 1.87. The zero-order valence-electron chi connectivity index (χ0n) is 12.2. The minimum atomic E-state index is -0.668. The van der Waals surface area contributed by atoms with Crippen molar-refractivity contribution in [3.05, 3.63) is 5.69 Å². The van der Waals surface area contributed by atoms with Crippen LogP contribution in [0.5, 0.6) is 0 Å². The van der Waals surface area contributed by atoms with E-state index in [1.807, 2.05) is 0 Å². The van der Waals surface area contributed by atoms with Gasteiger partial charge in [-0.1, -0.05) is 11.8 Å². The van der Waals surface area contributed by atoms with Gasteiger partial charge in [0.2, 0.25) is 0 Å². The Hall–Kier alpha value is -1.81. The van der Waals surface area contributed by atoms with Gasteiger partial charge in [-0.05, 0) is 26.1 Å². The average molecular weight is 344 g/mol. The van der Waals surface area contributed by atoms with Crippen molar-refractivity contribution in [1.82, 2.24) is 14.9 Å². The predicted molar refractivity (Wildman–Crippen MR) is 85.3 cm³/mol. The lowest BCUT2D eigenvalue weighted by Gasteiger charge is -2.10. The molecule has 0 radical (unpaired) electrons. The monoisotopic (exact) mass is 344 g/mol. The number of hydrogen-bond acceptors (Lipinski definition) is 7. The Bertz CT molecular complexity index is 602. The Morgan fingerprint density at radius 1 is 1.36 bits per heavy atom. The third-order valence-corrected chi connectivity index (χ3v) is 3.83. The quantitative estimate of drug-likeness (QED) is 0.628. The standard InChI is InChI=1S/C12H16N4O4S2/c1-3-19-9(17)7-8(14-11-16(7)5-6-22-11)13-10(21)15-12(18)20-4-2/h3-6H2,1-2H3,(H2,13,15,18,21). The number of imidazole rings is 1. The first-order valence-corrected chi connectivity index (χ1v) is 8.11. The van der Waals surface area contributed by atoms with Crippen LogP contribution in [0.3, 0.4) is 0 Å². The number of rotatable bonds is 4. The maximum Gasteiger partial charge on any atom is 0.413 e. The highest BCUT2D eigenvalue weighted by molar-refractivity contribution is 7.99. The molecule has 0 saturated carbocycles. The summed E-state index contributed by atoms with van der Waals surface area (Å²) in [6.07, 6.45) is -0.668. The number of nitrogens with zero attached hydrogens (tertiary/aromatic N) is 2. The minimum absolute atomic E-state index is 0.00534. The maximum absolute atomic E-state index is 12.1. The van der Waals surface area contributed by atoms with E-state index < -0.39 is 12.1 Å². The molecule has 1 aliphatic heterocycles. The van der Waals surface area contributed by atoms with Crippen LogP contribution in [-0.2, 0) is 16.0 Å². The summed E-state index contributed by atoms with van der Waals surface area (Å²) in [4.78, 5) is 27.7. The summed E-state index contributed by atoms with van der Waals surface area (Å²) in [6.45, 7) is 4.58. The van der Waals surface area contributed by atoms with Gasteiger partial charge in [0.15, 0.2) is 21.8 Å². The molecule has 1 aromatic rings. The molecule has 1 amide bonds. The Balaban J connectivity index is 2.15. The second kappa shape index (κ2) is 7.45. The number of fused-ring (bicyclic) bond motifs is 1. The van der Waals surface area contributed by atoms with Crippen LogP contribution in [0.2, 0.25) is 0 Å². The molecule has 2 rings (SSSR count). The van der Waals surface area contributed by atoms with Crippen molar-refractivity contribution in [2.45, 2.75) is 25.5 Å². The molecular formula is C12H16N4O4S2. The van der Waals surface area contributed by atoms with E-state index in [-0.39, 0.29) is 24.1 Å². The maximum atomic E-state index is 12.1. The number of carbonyl (C=O) groups is 2. The van der Waals surface area contributed by atoms with Crippen molar-refractivity contribution in [3.63, 3.8) is 0 Å². The van der Waals surface area contributed by atoms with E-state index in [0.717, 1.165) is 5.75 Å². The molecule has 0 saturated heterocycles. The molecule has 0 fully saturated rings. The smallest absolute Gasteiger partial charge is 0.413 e. The zero-order chi connectivity index (χ0) is 16.1. The SMILES string of the molecule is CCOC(=O)NC(=S)Nc1nc2n(c1C(=O)OCC)CCS2. The van der Waals surface area contributed by atoms with Gasteiger partial charge in [-0.3, -0.25) is 5.32 Å². The van der Waals surface area contributed by atoms with Crippen molar-refractivity contribution < 1.29 is 19.1 Å². The normalized spacial score (nSPS) is 12.5. The Kier molecular flexibility index (Phi) is 5.61. The third kappa shape index (κ3) is 3.69. The van der Waals surface area contributed by atoms with Gasteiger partial charge in [0.25, 0.3) is 0 Å². The summed E-state index contributed by atoms with van der Waals surface area (Å²) in [5, 5.41) is 5.80. The first kappa shape index (κ1) is 16.6. The fourth-order valence-corrected chi connectivity index (χ4v) is 3.00. The van der Waals surface area contributed by atoms with E-state index in [1.54, 1.807) is 18.4 Å². The third-order valence-electron chi connectivity index (χ3n) is 2.67. The van der Waals surface area contributed by atoms with Crippen molar-refractivity contribution >= 4 is 47.0 Å². The summed E-state index contributed by atoms with van der Waals surface area (Å²) in [6, 6.07) is 0. The van der Waals surface area contributed by atoms with E-state index in [9.17, 15) is 9.59 Å². The number of thioether (sulfide) groups is 1. The van der Waals surface area contributed by atoms with Gasteiger partial charge in [-0.25, -0.2) is 14.6 Å². The number of aromatic nitrogens is 2. The molecule has 2 heterocycles. The Morgan fingerprint density at radius 3 is 2.77 bits per heavy atom. The molecule has 10 heteroatoms. The first-order chi connectivity index (χ1) is 10.6. The van der Waals surface area contributed by atoms with Gasteiger partial charge in [0.05, 0.1) is 13.2 Å². The summed E-state index contributed by atoms with van der Waals surface area (Å²) < 4.78 is 11.6.